The second-order valence-electron chi connectivity index (χ2n) is 4.27. The predicted octanol–water partition coefficient (Wildman–Crippen LogP) is 2.21. The fourth-order valence-corrected chi connectivity index (χ4v) is 1.86. The summed E-state index contributed by atoms with van der Waals surface area (Å²) in [5, 5.41) is 8.75. The average Bonchev–Trinajstić information content (AvgIpc) is 2.87. The molecule has 0 aliphatic carbocycles. The lowest BCUT2D eigenvalue weighted by atomic mass is 10.1. The first kappa shape index (κ1) is 12.3. The van der Waals surface area contributed by atoms with E-state index in [1.807, 2.05) is 30.5 Å². The van der Waals surface area contributed by atoms with E-state index < -0.39 is 0 Å². The third kappa shape index (κ3) is 2.58. The van der Waals surface area contributed by atoms with E-state index in [1.54, 1.807) is 6.33 Å². The molecule has 0 amide bonds. The van der Waals surface area contributed by atoms with Gasteiger partial charge in [-0.3, -0.25) is 0 Å². The molecule has 1 aromatic carbocycles. The quantitative estimate of drug-likeness (QED) is 0.890. The molecular formula is C14H16N4. The fraction of sp³-hybridized carbons (Fsp3) is 0.286. The van der Waals surface area contributed by atoms with Crippen LogP contribution in [-0.4, -0.2) is 9.55 Å². The van der Waals surface area contributed by atoms with Crippen molar-refractivity contribution in [3.05, 3.63) is 53.6 Å². The van der Waals surface area contributed by atoms with Gasteiger partial charge in [0.2, 0.25) is 0 Å². The van der Waals surface area contributed by atoms with Crippen LogP contribution in [0.5, 0.6) is 0 Å². The van der Waals surface area contributed by atoms with Gasteiger partial charge in [0.05, 0.1) is 23.7 Å². The Labute approximate surface area is 107 Å². The van der Waals surface area contributed by atoms with Crippen molar-refractivity contribution in [2.75, 3.05) is 0 Å². The van der Waals surface area contributed by atoms with Crippen molar-refractivity contribution in [3.63, 3.8) is 0 Å². The maximum absolute atomic E-state index is 8.75. The Morgan fingerprint density at radius 1 is 1.39 bits per heavy atom. The van der Waals surface area contributed by atoms with Crippen molar-refractivity contribution < 1.29 is 0 Å². The normalized spacial score (nSPS) is 12.1. The monoisotopic (exact) mass is 240 g/mol. The van der Waals surface area contributed by atoms with Crippen LogP contribution in [0.1, 0.15) is 36.2 Å². The van der Waals surface area contributed by atoms with E-state index in [2.05, 4.69) is 22.5 Å². The number of hydrogen-bond acceptors (Lipinski definition) is 3. The molecule has 1 aromatic heterocycles. The lowest BCUT2D eigenvalue weighted by Crippen LogP contribution is -2.14. The third-order valence-electron chi connectivity index (χ3n) is 3.00. The molecule has 92 valence electrons. The minimum Gasteiger partial charge on any atom is -0.329 e. The highest BCUT2D eigenvalue weighted by Gasteiger charge is 2.09. The first-order chi connectivity index (χ1) is 8.74. The summed E-state index contributed by atoms with van der Waals surface area (Å²) in [6.45, 7) is 2.79. The van der Waals surface area contributed by atoms with Crippen molar-refractivity contribution in [2.24, 2.45) is 5.73 Å². The van der Waals surface area contributed by atoms with E-state index in [1.165, 1.54) is 0 Å². The molecular weight excluding hydrogens is 224 g/mol. The van der Waals surface area contributed by atoms with Gasteiger partial charge in [0.25, 0.3) is 0 Å². The Bertz CT molecular complexity index is 548. The summed E-state index contributed by atoms with van der Waals surface area (Å²) >= 11 is 0. The third-order valence-corrected chi connectivity index (χ3v) is 3.00. The van der Waals surface area contributed by atoms with Gasteiger partial charge in [0, 0.05) is 18.8 Å². The molecule has 2 rings (SSSR count). The summed E-state index contributed by atoms with van der Waals surface area (Å²) in [5.74, 6) is 0. The second-order valence-corrected chi connectivity index (χ2v) is 4.27. The van der Waals surface area contributed by atoms with Crippen LogP contribution in [0.3, 0.4) is 0 Å². The zero-order valence-electron chi connectivity index (χ0n) is 10.4. The first-order valence-corrected chi connectivity index (χ1v) is 5.99. The molecule has 4 nitrogen and oxygen atoms in total. The molecule has 0 bridgehead atoms. The van der Waals surface area contributed by atoms with Crippen LogP contribution in [-0.2, 0) is 6.54 Å². The molecule has 4 heteroatoms. The molecule has 2 N–H and O–H groups in total. The van der Waals surface area contributed by atoms with Gasteiger partial charge in [-0.1, -0.05) is 19.1 Å². The highest BCUT2D eigenvalue weighted by Crippen LogP contribution is 2.15. The summed E-state index contributed by atoms with van der Waals surface area (Å²) in [6, 6.07) is 9.70. The van der Waals surface area contributed by atoms with Crippen LogP contribution < -0.4 is 5.73 Å². The Hall–Kier alpha value is -2.12. The standard InChI is InChI=1S/C14H16N4/c1-2-13(16)14-8-17-10-18(14)9-12-5-3-11(7-15)4-6-12/h3-6,8,10,13H,2,9,16H2,1H3/t13-/m1/s1. The molecule has 2 aromatic rings. The zero-order chi connectivity index (χ0) is 13.0. The molecule has 0 saturated carbocycles. The molecule has 0 fully saturated rings. The van der Waals surface area contributed by atoms with Crippen molar-refractivity contribution in [1.82, 2.24) is 9.55 Å². The predicted molar refractivity (Wildman–Crippen MR) is 69.7 cm³/mol. The average molecular weight is 240 g/mol. The molecule has 0 spiro atoms. The minimum absolute atomic E-state index is 0.0193. The van der Waals surface area contributed by atoms with Crippen LogP contribution in [0.25, 0.3) is 0 Å². The summed E-state index contributed by atoms with van der Waals surface area (Å²) in [4.78, 5) is 4.15. The highest BCUT2D eigenvalue weighted by molar-refractivity contribution is 5.31. The van der Waals surface area contributed by atoms with Crippen LogP contribution in [0.2, 0.25) is 0 Å². The number of benzene rings is 1. The van der Waals surface area contributed by atoms with Crippen molar-refractivity contribution >= 4 is 0 Å². The Morgan fingerprint density at radius 3 is 2.72 bits per heavy atom. The fourth-order valence-electron chi connectivity index (χ4n) is 1.86. The molecule has 0 aliphatic rings. The van der Waals surface area contributed by atoms with Crippen molar-refractivity contribution in [3.8, 4) is 6.07 Å². The summed E-state index contributed by atoms with van der Waals surface area (Å²) in [6.07, 6.45) is 4.50. The van der Waals surface area contributed by atoms with Gasteiger partial charge in [-0.2, -0.15) is 5.26 Å². The van der Waals surface area contributed by atoms with Crippen molar-refractivity contribution in [2.45, 2.75) is 25.9 Å². The van der Waals surface area contributed by atoms with Crippen LogP contribution in [0.15, 0.2) is 36.8 Å². The number of nitrogens with two attached hydrogens (primary N) is 1. The summed E-state index contributed by atoms with van der Waals surface area (Å²) in [5.41, 5.74) is 8.89. The highest BCUT2D eigenvalue weighted by atomic mass is 15.1. The number of aromatic nitrogens is 2. The van der Waals surface area contributed by atoms with Gasteiger partial charge in [-0.05, 0) is 24.1 Å². The van der Waals surface area contributed by atoms with Gasteiger partial charge in [0.1, 0.15) is 0 Å². The van der Waals surface area contributed by atoms with Gasteiger partial charge in [0.15, 0.2) is 0 Å². The number of hydrogen-bond donors (Lipinski definition) is 1. The minimum atomic E-state index is 0.0193. The molecule has 0 saturated heterocycles. The molecule has 1 atom stereocenters. The van der Waals surface area contributed by atoms with Crippen LogP contribution in [0, 0.1) is 11.3 Å². The van der Waals surface area contributed by atoms with Crippen LogP contribution in [0.4, 0.5) is 0 Å². The maximum Gasteiger partial charge on any atom is 0.0991 e. The Kier molecular flexibility index (Phi) is 3.75. The largest absolute Gasteiger partial charge is 0.329 e. The van der Waals surface area contributed by atoms with Gasteiger partial charge < -0.3 is 10.3 Å². The maximum atomic E-state index is 8.75. The molecule has 1 heterocycles. The van der Waals surface area contributed by atoms with E-state index in [9.17, 15) is 0 Å². The first-order valence-electron chi connectivity index (χ1n) is 5.99. The molecule has 0 radical (unpaired) electrons. The molecule has 0 aliphatic heterocycles. The van der Waals surface area contributed by atoms with E-state index >= 15 is 0 Å². The number of imidazole rings is 1. The zero-order valence-corrected chi connectivity index (χ0v) is 10.4. The summed E-state index contributed by atoms with van der Waals surface area (Å²) < 4.78 is 2.05. The lowest BCUT2D eigenvalue weighted by Gasteiger charge is -2.12. The SMILES string of the molecule is CC[C@@H](N)c1cncn1Cc1ccc(C#N)cc1. The van der Waals surface area contributed by atoms with E-state index in [4.69, 9.17) is 11.0 Å². The van der Waals surface area contributed by atoms with E-state index in [0.717, 1.165) is 24.2 Å². The Balaban J connectivity index is 2.18. The number of nitriles is 1. The van der Waals surface area contributed by atoms with Gasteiger partial charge in [-0.25, -0.2) is 4.98 Å². The van der Waals surface area contributed by atoms with E-state index in [0.29, 0.717) is 5.56 Å². The molecule has 18 heavy (non-hydrogen) atoms. The number of nitrogens with zero attached hydrogens (tertiary/aromatic N) is 3. The van der Waals surface area contributed by atoms with Gasteiger partial charge >= 0.3 is 0 Å². The smallest absolute Gasteiger partial charge is 0.0991 e. The van der Waals surface area contributed by atoms with Crippen LogP contribution >= 0.6 is 0 Å². The number of rotatable bonds is 4. The summed E-state index contributed by atoms with van der Waals surface area (Å²) in [7, 11) is 0. The topological polar surface area (TPSA) is 67.6 Å². The van der Waals surface area contributed by atoms with Gasteiger partial charge in [-0.15, -0.1) is 0 Å². The lowest BCUT2D eigenvalue weighted by molar-refractivity contribution is 0.618. The van der Waals surface area contributed by atoms with Crippen molar-refractivity contribution in [1.29, 1.82) is 5.26 Å². The van der Waals surface area contributed by atoms with E-state index in [-0.39, 0.29) is 6.04 Å². The second kappa shape index (κ2) is 5.48. The Morgan fingerprint density at radius 2 is 2.11 bits per heavy atom. The molecule has 0 unspecified atom stereocenters.